The van der Waals surface area contributed by atoms with E-state index in [1.165, 1.54) is 4.90 Å². The molecule has 1 atom stereocenters. The predicted molar refractivity (Wildman–Crippen MR) is 112 cm³/mol. The number of carbonyl (C=O) groups is 2. The van der Waals surface area contributed by atoms with E-state index in [-0.39, 0.29) is 11.3 Å². The maximum Gasteiger partial charge on any atom is 0.300 e. The summed E-state index contributed by atoms with van der Waals surface area (Å²) >= 11 is 3.39. The molecule has 3 aromatic carbocycles. The van der Waals surface area contributed by atoms with Crippen LogP contribution >= 0.6 is 15.9 Å². The molecule has 1 aliphatic rings. The molecule has 1 fully saturated rings. The molecule has 1 aliphatic heterocycles. The van der Waals surface area contributed by atoms with Gasteiger partial charge < -0.3 is 5.11 Å². The van der Waals surface area contributed by atoms with E-state index < -0.39 is 17.7 Å². The molecule has 5 heteroatoms. The fourth-order valence-electron chi connectivity index (χ4n) is 3.40. The number of aliphatic hydroxyl groups excluding tert-OH is 1. The van der Waals surface area contributed by atoms with Crippen molar-refractivity contribution in [3.05, 3.63) is 106 Å². The minimum atomic E-state index is -0.706. The van der Waals surface area contributed by atoms with Crippen molar-refractivity contribution in [1.82, 2.24) is 0 Å². The first-order valence-electron chi connectivity index (χ1n) is 8.75. The number of ketones is 1. The van der Waals surface area contributed by atoms with Gasteiger partial charge in [-0.15, -0.1) is 0 Å². The van der Waals surface area contributed by atoms with E-state index in [1.807, 2.05) is 48.5 Å². The van der Waals surface area contributed by atoms with Gasteiger partial charge in [0.25, 0.3) is 11.7 Å². The second-order valence-corrected chi connectivity index (χ2v) is 7.34. The second-order valence-electron chi connectivity index (χ2n) is 6.42. The summed E-state index contributed by atoms with van der Waals surface area (Å²) in [5.41, 5.74) is 1.93. The molecular formula is C23H16BrNO3. The van der Waals surface area contributed by atoms with Crippen LogP contribution in [0.15, 0.2) is 95.0 Å². The zero-order chi connectivity index (χ0) is 19.7. The first-order chi connectivity index (χ1) is 13.6. The van der Waals surface area contributed by atoms with E-state index in [1.54, 1.807) is 36.4 Å². The van der Waals surface area contributed by atoms with Crippen LogP contribution in [0.5, 0.6) is 0 Å². The summed E-state index contributed by atoms with van der Waals surface area (Å²) in [6.07, 6.45) is 0. The molecule has 0 bridgehead atoms. The number of halogens is 1. The van der Waals surface area contributed by atoms with Crippen LogP contribution in [0.4, 0.5) is 5.69 Å². The van der Waals surface area contributed by atoms with E-state index >= 15 is 0 Å². The molecule has 0 spiro atoms. The maximum atomic E-state index is 12.9. The molecule has 1 saturated heterocycles. The van der Waals surface area contributed by atoms with Gasteiger partial charge in [-0.2, -0.15) is 0 Å². The Morgan fingerprint density at radius 2 is 1.39 bits per heavy atom. The fourth-order valence-corrected chi connectivity index (χ4v) is 3.67. The number of nitrogens with zero attached hydrogens (tertiary/aromatic N) is 1. The number of carbonyl (C=O) groups excluding carboxylic acids is 2. The highest BCUT2D eigenvalue weighted by molar-refractivity contribution is 9.10. The van der Waals surface area contributed by atoms with Crippen molar-refractivity contribution < 1.29 is 14.7 Å². The summed E-state index contributed by atoms with van der Waals surface area (Å²) in [4.78, 5) is 27.3. The van der Waals surface area contributed by atoms with Gasteiger partial charge in [-0.25, -0.2) is 0 Å². The van der Waals surface area contributed by atoms with Crippen molar-refractivity contribution in [3.63, 3.8) is 0 Å². The molecule has 1 amide bonds. The Hall–Kier alpha value is -3.18. The predicted octanol–water partition coefficient (Wildman–Crippen LogP) is 5.08. The molecule has 0 unspecified atom stereocenters. The lowest BCUT2D eigenvalue weighted by atomic mass is 9.95. The van der Waals surface area contributed by atoms with Crippen molar-refractivity contribution in [2.45, 2.75) is 6.04 Å². The standard InChI is InChI=1S/C23H16BrNO3/c24-17-11-13-18(14-12-17)25-20(15-7-3-1-4-8-15)19(22(27)23(25)28)21(26)16-9-5-2-6-10-16/h1-14,20,26H/b21-19+/t20-/m1/s1. The van der Waals surface area contributed by atoms with Crippen LogP contribution in [0.3, 0.4) is 0 Å². The molecule has 1 N–H and O–H groups in total. The number of hydrogen-bond donors (Lipinski definition) is 1. The SMILES string of the molecule is O=C1C(=O)N(c2ccc(Br)cc2)[C@H](c2ccccc2)/C1=C(\O)c1ccccc1. The van der Waals surface area contributed by atoms with Gasteiger partial charge in [-0.05, 0) is 29.8 Å². The summed E-state index contributed by atoms with van der Waals surface area (Å²) in [5, 5.41) is 10.9. The summed E-state index contributed by atoms with van der Waals surface area (Å²) in [6, 6.07) is 24.5. The number of anilines is 1. The average Bonchev–Trinajstić information content (AvgIpc) is 3.00. The van der Waals surface area contributed by atoms with Gasteiger partial charge in [0, 0.05) is 15.7 Å². The molecule has 0 radical (unpaired) electrons. The number of amides is 1. The average molecular weight is 434 g/mol. The molecule has 0 saturated carbocycles. The summed E-state index contributed by atoms with van der Waals surface area (Å²) in [5.74, 6) is -1.53. The highest BCUT2D eigenvalue weighted by Crippen LogP contribution is 2.42. The van der Waals surface area contributed by atoms with Crippen LogP contribution in [0.1, 0.15) is 17.2 Å². The van der Waals surface area contributed by atoms with Gasteiger partial charge in [-0.1, -0.05) is 76.6 Å². The molecule has 138 valence electrons. The Balaban J connectivity index is 1.94. The van der Waals surface area contributed by atoms with Crippen molar-refractivity contribution in [3.8, 4) is 0 Å². The van der Waals surface area contributed by atoms with E-state index in [4.69, 9.17) is 0 Å². The largest absolute Gasteiger partial charge is 0.507 e. The lowest BCUT2D eigenvalue weighted by molar-refractivity contribution is -0.132. The normalized spacial score (nSPS) is 18.5. The Bertz CT molecular complexity index is 1060. The van der Waals surface area contributed by atoms with Crippen LogP contribution in [0, 0.1) is 0 Å². The Labute approximate surface area is 170 Å². The van der Waals surface area contributed by atoms with Gasteiger partial charge in [-0.3, -0.25) is 14.5 Å². The van der Waals surface area contributed by atoms with E-state index in [2.05, 4.69) is 15.9 Å². The van der Waals surface area contributed by atoms with Crippen LogP contribution in [-0.2, 0) is 9.59 Å². The minimum absolute atomic E-state index is 0.0883. The molecule has 4 nitrogen and oxygen atoms in total. The number of aliphatic hydroxyl groups is 1. The first kappa shape index (κ1) is 18.2. The number of hydrogen-bond acceptors (Lipinski definition) is 3. The highest BCUT2D eigenvalue weighted by atomic mass is 79.9. The van der Waals surface area contributed by atoms with Crippen molar-refractivity contribution in [2.75, 3.05) is 4.90 Å². The van der Waals surface area contributed by atoms with Crippen LogP contribution in [0.25, 0.3) is 5.76 Å². The summed E-state index contributed by atoms with van der Waals surface area (Å²) in [6.45, 7) is 0. The quantitative estimate of drug-likeness (QED) is 0.356. The van der Waals surface area contributed by atoms with Gasteiger partial charge >= 0.3 is 0 Å². The molecule has 0 aromatic heterocycles. The van der Waals surface area contributed by atoms with Crippen LogP contribution in [-0.4, -0.2) is 16.8 Å². The highest BCUT2D eigenvalue weighted by Gasteiger charge is 2.46. The van der Waals surface area contributed by atoms with Crippen molar-refractivity contribution >= 4 is 39.1 Å². The van der Waals surface area contributed by atoms with Crippen LogP contribution < -0.4 is 4.90 Å². The number of rotatable bonds is 3. The molecule has 3 aromatic rings. The molecule has 4 rings (SSSR count). The Kier molecular flexibility index (Phi) is 4.84. The zero-order valence-corrected chi connectivity index (χ0v) is 16.3. The number of Topliss-reactive ketones (excluding diaryl/α,β-unsaturated/α-hetero) is 1. The van der Waals surface area contributed by atoms with Crippen molar-refractivity contribution in [2.24, 2.45) is 0 Å². The minimum Gasteiger partial charge on any atom is -0.507 e. The molecule has 1 heterocycles. The zero-order valence-electron chi connectivity index (χ0n) is 14.7. The molecule has 28 heavy (non-hydrogen) atoms. The lowest BCUT2D eigenvalue weighted by Gasteiger charge is -2.25. The lowest BCUT2D eigenvalue weighted by Crippen LogP contribution is -2.29. The van der Waals surface area contributed by atoms with Crippen LogP contribution in [0.2, 0.25) is 0 Å². The summed E-state index contributed by atoms with van der Waals surface area (Å²) < 4.78 is 0.869. The monoisotopic (exact) mass is 433 g/mol. The third kappa shape index (κ3) is 3.14. The van der Waals surface area contributed by atoms with Gasteiger partial charge in [0.15, 0.2) is 0 Å². The van der Waals surface area contributed by atoms with E-state index in [9.17, 15) is 14.7 Å². The smallest absolute Gasteiger partial charge is 0.300 e. The Morgan fingerprint density at radius 3 is 2.00 bits per heavy atom. The van der Waals surface area contributed by atoms with Gasteiger partial charge in [0.1, 0.15) is 5.76 Å². The number of benzene rings is 3. The molecule has 0 aliphatic carbocycles. The Morgan fingerprint density at radius 1 is 0.821 bits per heavy atom. The van der Waals surface area contributed by atoms with Gasteiger partial charge in [0.2, 0.25) is 0 Å². The van der Waals surface area contributed by atoms with E-state index in [0.717, 1.165) is 10.0 Å². The fraction of sp³-hybridized carbons (Fsp3) is 0.0435. The second kappa shape index (κ2) is 7.44. The molecular weight excluding hydrogens is 418 g/mol. The third-order valence-corrected chi connectivity index (χ3v) is 5.24. The van der Waals surface area contributed by atoms with Crippen molar-refractivity contribution in [1.29, 1.82) is 0 Å². The third-order valence-electron chi connectivity index (χ3n) is 4.71. The topological polar surface area (TPSA) is 57.6 Å². The first-order valence-corrected chi connectivity index (χ1v) is 9.54. The summed E-state index contributed by atoms with van der Waals surface area (Å²) in [7, 11) is 0. The maximum absolute atomic E-state index is 12.9. The van der Waals surface area contributed by atoms with Gasteiger partial charge in [0.05, 0.1) is 11.6 Å². The van der Waals surface area contributed by atoms with E-state index in [0.29, 0.717) is 11.3 Å².